The van der Waals surface area contributed by atoms with Gasteiger partial charge in [0.1, 0.15) is 0 Å². The zero-order valence-electron chi connectivity index (χ0n) is 14.1. The van der Waals surface area contributed by atoms with Gasteiger partial charge in [0, 0.05) is 44.6 Å². The zero-order valence-corrected chi connectivity index (χ0v) is 14.9. The summed E-state index contributed by atoms with van der Waals surface area (Å²) >= 11 is 0. The van der Waals surface area contributed by atoms with Crippen molar-refractivity contribution in [1.82, 2.24) is 15.2 Å². The molecule has 2 aliphatic rings. The first kappa shape index (κ1) is 18.1. The van der Waals surface area contributed by atoms with Crippen molar-refractivity contribution in [2.45, 2.75) is 12.5 Å². The third kappa shape index (κ3) is 5.38. The lowest BCUT2D eigenvalue weighted by Gasteiger charge is -2.26. The topological polar surface area (TPSA) is 101 Å². The van der Waals surface area contributed by atoms with Crippen LogP contribution in [0.1, 0.15) is 16.8 Å². The van der Waals surface area contributed by atoms with Gasteiger partial charge >= 0.3 is 0 Å². The van der Waals surface area contributed by atoms with E-state index in [1.807, 2.05) is 0 Å². The van der Waals surface area contributed by atoms with Gasteiger partial charge in [-0.2, -0.15) is 0 Å². The van der Waals surface area contributed by atoms with E-state index in [0.717, 1.165) is 32.8 Å². The van der Waals surface area contributed by atoms with Gasteiger partial charge in [-0.3, -0.25) is 14.7 Å². The third-order valence-corrected chi connectivity index (χ3v) is 6.19. The minimum atomic E-state index is -2.94. The number of carbonyl (C=O) groups is 1. The average Bonchev–Trinajstić information content (AvgIpc) is 2.94. The van der Waals surface area contributed by atoms with Crippen LogP contribution in [0.15, 0.2) is 18.5 Å². The predicted molar refractivity (Wildman–Crippen MR) is 94.5 cm³/mol. The predicted octanol–water partition coefficient (Wildman–Crippen LogP) is -0.257. The van der Waals surface area contributed by atoms with Gasteiger partial charge in [-0.25, -0.2) is 8.42 Å². The number of aromatic nitrogens is 1. The third-order valence-electron chi connectivity index (χ3n) is 4.42. The van der Waals surface area contributed by atoms with Gasteiger partial charge in [0.05, 0.1) is 36.0 Å². The van der Waals surface area contributed by atoms with Crippen LogP contribution in [-0.4, -0.2) is 81.1 Å². The van der Waals surface area contributed by atoms with Gasteiger partial charge in [-0.1, -0.05) is 0 Å². The summed E-state index contributed by atoms with van der Waals surface area (Å²) in [5.74, 6) is 0.159. The van der Waals surface area contributed by atoms with E-state index < -0.39 is 9.84 Å². The summed E-state index contributed by atoms with van der Waals surface area (Å²) in [5, 5.41) is 6.05. The molecule has 2 saturated heterocycles. The Morgan fingerprint density at radius 1 is 1.32 bits per heavy atom. The molecule has 138 valence electrons. The highest BCUT2D eigenvalue weighted by atomic mass is 32.2. The molecule has 1 aromatic heterocycles. The summed E-state index contributed by atoms with van der Waals surface area (Å²) < 4.78 is 28.3. The average molecular weight is 368 g/mol. The summed E-state index contributed by atoms with van der Waals surface area (Å²) in [6, 6.07) is 1.59. The Hall–Kier alpha value is -1.71. The molecule has 2 aliphatic heterocycles. The molecular weight excluding hydrogens is 344 g/mol. The quantitative estimate of drug-likeness (QED) is 0.714. The first-order chi connectivity index (χ1) is 12.0. The highest BCUT2D eigenvalue weighted by Crippen LogP contribution is 2.17. The van der Waals surface area contributed by atoms with E-state index in [-0.39, 0.29) is 23.5 Å². The largest absolute Gasteiger partial charge is 0.380 e. The molecule has 0 aliphatic carbocycles. The van der Waals surface area contributed by atoms with Crippen LogP contribution in [0.5, 0.6) is 0 Å². The van der Waals surface area contributed by atoms with Crippen molar-refractivity contribution in [2.75, 3.05) is 56.2 Å². The SMILES string of the molecule is O=C(NCCN1CCOCC1)c1cncc(NC2CCS(=O)(=O)C2)c1. The fourth-order valence-electron chi connectivity index (χ4n) is 3.04. The lowest BCUT2D eigenvalue weighted by atomic mass is 10.2. The number of sulfone groups is 1. The standard InChI is InChI=1S/C16H24N4O4S/c21-16(18-2-3-20-4-6-24-7-5-20)13-9-15(11-17-10-13)19-14-1-8-25(22,23)12-14/h9-11,14,19H,1-8,12H2,(H,18,21). The molecule has 1 unspecified atom stereocenters. The van der Waals surface area contributed by atoms with Crippen molar-refractivity contribution in [3.63, 3.8) is 0 Å². The summed E-state index contributed by atoms with van der Waals surface area (Å²) in [4.78, 5) is 18.6. The lowest BCUT2D eigenvalue weighted by Crippen LogP contribution is -2.41. The van der Waals surface area contributed by atoms with E-state index in [2.05, 4.69) is 20.5 Å². The summed E-state index contributed by atoms with van der Waals surface area (Å²) in [6.07, 6.45) is 3.70. The van der Waals surface area contributed by atoms with Crippen LogP contribution in [-0.2, 0) is 14.6 Å². The molecule has 1 atom stereocenters. The van der Waals surface area contributed by atoms with Crippen LogP contribution >= 0.6 is 0 Å². The molecule has 3 heterocycles. The van der Waals surface area contributed by atoms with E-state index in [1.54, 1.807) is 12.3 Å². The Balaban J connectivity index is 1.49. The Labute approximate surface area is 147 Å². The number of nitrogens with one attached hydrogen (secondary N) is 2. The van der Waals surface area contributed by atoms with Gasteiger partial charge in [0.2, 0.25) is 0 Å². The van der Waals surface area contributed by atoms with Gasteiger partial charge in [0.15, 0.2) is 9.84 Å². The van der Waals surface area contributed by atoms with Gasteiger partial charge in [-0.05, 0) is 12.5 Å². The molecule has 8 nitrogen and oxygen atoms in total. The molecule has 3 rings (SSSR count). The van der Waals surface area contributed by atoms with Gasteiger partial charge < -0.3 is 15.4 Å². The van der Waals surface area contributed by atoms with Crippen molar-refractivity contribution >= 4 is 21.4 Å². The fourth-order valence-corrected chi connectivity index (χ4v) is 4.72. The highest BCUT2D eigenvalue weighted by molar-refractivity contribution is 7.91. The van der Waals surface area contributed by atoms with Crippen LogP contribution in [0.3, 0.4) is 0 Å². The molecule has 9 heteroatoms. The van der Waals surface area contributed by atoms with Gasteiger partial charge in [0.25, 0.3) is 5.91 Å². The van der Waals surface area contributed by atoms with Crippen molar-refractivity contribution in [3.05, 3.63) is 24.0 Å². The van der Waals surface area contributed by atoms with Crippen molar-refractivity contribution in [1.29, 1.82) is 0 Å². The van der Waals surface area contributed by atoms with Gasteiger partial charge in [-0.15, -0.1) is 0 Å². The maximum absolute atomic E-state index is 12.3. The lowest BCUT2D eigenvalue weighted by molar-refractivity contribution is 0.0383. The number of anilines is 1. The maximum atomic E-state index is 12.3. The Bertz CT molecular complexity index is 704. The number of morpholine rings is 1. The monoisotopic (exact) mass is 368 g/mol. The zero-order chi connectivity index (χ0) is 17.7. The molecule has 25 heavy (non-hydrogen) atoms. The summed E-state index contributed by atoms with van der Waals surface area (Å²) in [5.41, 5.74) is 1.13. The van der Waals surface area contributed by atoms with Crippen LogP contribution in [0, 0.1) is 0 Å². The minimum absolute atomic E-state index is 0.119. The number of carbonyl (C=O) groups excluding carboxylic acids is 1. The normalized spacial score (nSPS) is 23.3. The first-order valence-electron chi connectivity index (χ1n) is 8.52. The second-order valence-corrected chi connectivity index (χ2v) is 8.65. The molecular formula is C16H24N4O4S. The number of hydrogen-bond acceptors (Lipinski definition) is 7. The van der Waals surface area contributed by atoms with E-state index in [1.165, 1.54) is 6.20 Å². The Morgan fingerprint density at radius 2 is 2.12 bits per heavy atom. The number of nitrogens with zero attached hydrogens (tertiary/aromatic N) is 2. The summed E-state index contributed by atoms with van der Waals surface area (Å²) in [7, 11) is -2.94. The molecule has 0 spiro atoms. The molecule has 0 aromatic carbocycles. The van der Waals surface area contributed by atoms with Crippen LogP contribution in [0.4, 0.5) is 5.69 Å². The summed E-state index contributed by atoms with van der Waals surface area (Å²) in [6.45, 7) is 4.62. The number of amides is 1. The first-order valence-corrected chi connectivity index (χ1v) is 10.3. The molecule has 0 bridgehead atoms. The fraction of sp³-hybridized carbons (Fsp3) is 0.625. The number of hydrogen-bond donors (Lipinski definition) is 2. The molecule has 0 saturated carbocycles. The van der Waals surface area contributed by atoms with Crippen LogP contribution < -0.4 is 10.6 Å². The smallest absolute Gasteiger partial charge is 0.252 e. The van der Waals surface area contributed by atoms with E-state index >= 15 is 0 Å². The highest BCUT2D eigenvalue weighted by Gasteiger charge is 2.27. The van der Waals surface area contributed by atoms with Crippen LogP contribution in [0.2, 0.25) is 0 Å². The number of ether oxygens (including phenoxy) is 1. The van der Waals surface area contributed by atoms with Crippen molar-refractivity contribution in [2.24, 2.45) is 0 Å². The molecule has 2 fully saturated rings. The maximum Gasteiger partial charge on any atom is 0.252 e. The number of pyridine rings is 1. The van der Waals surface area contributed by atoms with Crippen molar-refractivity contribution in [3.8, 4) is 0 Å². The second kappa shape index (κ2) is 8.11. The van der Waals surface area contributed by atoms with E-state index in [4.69, 9.17) is 4.74 Å². The Kier molecular flexibility index (Phi) is 5.87. The molecule has 1 aromatic rings. The second-order valence-electron chi connectivity index (χ2n) is 6.42. The molecule has 0 radical (unpaired) electrons. The van der Waals surface area contributed by atoms with E-state index in [0.29, 0.717) is 24.2 Å². The van der Waals surface area contributed by atoms with Crippen LogP contribution in [0.25, 0.3) is 0 Å². The van der Waals surface area contributed by atoms with E-state index in [9.17, 15) is 13.2 Å². The van der Waals surface area contributed by atoms with Crippen molar-refractivity contribution < 1.29 is 17.9 Å². The Morgan fingerprint density at radius 3 is 2.84 bits per heavy atom. The number of rotatable bonds is 6. The molecule has 1 amide bonds. The minimum Gasteiger partial charge on any atom is -0.380 e. The molecule has 2 N–H and O–H groups in total.